The molecule has 7 rings (SSSR count). The first-order chi connectivity index (χ1) is 21.6. The van der Waals surface area contributed by atoms with Crippen molar-refractivity contribution in [2.45, 2.75) is 6.54 Å². The average molecular weight is 610 g/mol. The summed E-state index contributed by atoms with van der Waals surface area (Å²) in [6.45, 7) is 3.86. The summed E-state index contributed by atoms with van der Waals surface area (Å²) in [6.07, 6.45) is 4.68. The number of benzene rings is 2. The van der Waals surface area contributed by atoms with Gasteiger partial charge in [0.05, 0.1) is 43.3 Å². The molecule has 2 N–H and O–H groups in total. The quantitative estimate of drug-likeness (QED) is 0.229. The van der Waals surface area contributed by atoms with Crippen LogP contribution in [0.3, 0.4) is 0 Å². The van der Waals surface area contributed by atoms with Crippen molar-refractivity contribution in [3.05, 3.63) is 83.8 Å². The lowest BCUT2D eigenvalue weighted by Gasteiger charge is -2.27. The van der Waals surface area contributed by atoms with E-state index in [2.05, 4.69) is 30.5 Å². The molecule has 12 nitrogen and oxygen atoms in total. The highest BCUT2D eigenvalue weighted by atomic mass is 32.1. The summed E-state index contributed by atoms with van der Waals surface area (Å²) in [4.78, 5) is 44.5. The molecule has 2 aliphatic heterocycles. The molecule has 0 unspecified atom stereocenters. The highest BCUT2D eigenvalue weighted by molar-refractivity contribution is 7.21. The largest absolute Gasteiger partial charge is 0.496 e. The van der Waals surface area contributed by atoms with E-state index in [0.29, 0.717) is 68.4 Å². The third-order valence-corrected chi connectivity index (χ3v) is 8.43. The molecule has 0 atom stereocenters. The van der Waals surface area contributed by atoms with E-state index >= 15 is 0 Å². The van der Waals surface area contributed by atoms with Crippen LogP contribution < -0.4 is 25.0 Å². The van der Waals surface area contributed by atoms with Gasteiger partial charge in [-0.2, -0.15) is 0 Å². The second kappa shape index (κ2) is 11.9. The zero-order valence-electron chi connectivity index (χ0n) is 23.6. The van der Waals surface area contributed by atoms with E-state index in [0.717, 1.165) is 25.2 Å². The predicted molar refractivity (Wildman–Crippen MR) is 166 cm³/mol. The van der Waals surface area contributed by atoms with E-state index in [4.69, 9.17) is 14.2 Å². The predicted octanol–water partition coefficient (Wildman–Crippen LogP) is 5.66. The minimum atomic E-state index is -0.444. The number of carbonyl (C=O) groups is 2. The Kier molecular flexibility index (Phi) is 7.48. The van der Waals surface area contributed by atoms with Crippen molar-refractivity contribution in [1.29, 1.82) is 0 Å². The second-order valence-electron chi connectivity index (χ2n) is 10.1. The molecule has 3 amide bonds. The lowest BCUT2D eigenvalue weighted by Crippen LogP contribution is -2.35. The molecule has 5 heterocycles. The number of thiophene rings is 1. The molecule has 222 valence electrons. The Balaban J connectivity index is 1.13. The Morgan fingerprint density at radius 2 is 1.93 bits per heavy atom. The molecule has 0 aliphatic carbocycles. The molecule has 0 bridgehead atoms. The standard InChI is InChI=1S/C31H27N7O5S/c1-41-24-15-20(5-4-19(24)17-37-11-13-42-14-12-37)35-29(39)27-26-25-28(33-18-34-30(25)44-27)38(31(40)36-26)21-6-8-22(9-7-21)43-23-3-2-10-32-16-23/h2-10,15-16,18H,11-14,17H2,1H3,(H,35,39)(H,36,40). The first kappa shape index (κ1) is 27.7. The number of ether oxygens (including phenoxy) is 3. The molecular formula is C31H27N7O5S. The molecule has 3 aromatic heterocycles. The van der Waals surface area contributed by atoms with Crippen LogP contribution in [0, 0.1) is 0 Å². The van der Waals surface area contributed by atoms with Gasteiger partial charge in [-0.05, 0) is 42.5 Å². The fourth-order valence-corrected chi connectivity index (χ4v) is 6.20. The molecule has 2 aromatic carbocycles. The number of pyridine rings is 1. The maximum absolute atomic E-state index is 13.6. The van der Waals surface area contributed by atoms with Crippen LogP contribution in [0.4, 0.5) is 27.7 Å². The summed E-state index contributed by atoms with van der Waals surface area (Å²) >= 11 is 1.19. The highest BCUT2D eigenvalue weighted by Crippen LogP contribution is 2.45. The first-order valence-electron chi connectivity index (χ1n) is 13.9. The van der Waals surface area contributed by atoms with Gasteiger partial charge in [0.25, 0.3) is 5.91 Å². The van der Waals surface area contributed by atoms with E-state index in [1.807, 2.05) is 12.1 Å². The smallest absolute Gasteiger partial charge is 0.332 e. The highest BCUT2D eigenvalue weighted by Gasteiger charge is 2.34. The van der Waals surface area contributed by atoms with E-state index in [1.165, 1.54) is 22.6 Å². The fraction of sp³-hybridized carbons (Fsp3) is 0.194. The van der Waals surface area contributed by atoms with Gasteiger partial charge in [0, 0.05) is 43.1 Å². The summed E-state index contributed by atoms with van der Waals surface area (Å²) in [5.74, 6) is 1.89. The SMILES string of the molecule is COc1cc(NC(=O)c2sc3ncnc4c3c2NC(=O)N4c2ccc(Oc3cccnc3)cc2)ccc1CN1CCOCC1. The number of nitrogens with one attached hydrogen (secondary N) is 2. The lowest BCUT2D eigenvalue weighted by atomic mass is 10.1. The van der Waals surface area contributed by atoms with Crippen molar-refractivity contribution in [3.8, 4) is 17.2 Å². The number of nitrogens with zero attached hydrogens (tertiary/aromatic N) is 5. The van der Waals surface area contributed by atoms with Crippen LogP contribution in [0.25, 0.3) is 10.2 Å². The van der Waals surface area contributed by atoms with Gasteiger partial charge in [-0.3, -0.25) is 14.7 Å². The maximum atomic E-state index is 13.6. The molecular weight excluding hydrogens is 582 g/mol. The molecule has 5 aromatic rings. The molecule has 44 heavy (non-hydrogen) atoms. The Bertz CT molecular complexity index is 1840. The van der Waals surface area contributed by atoms with Crippen molar-refractivity contribution >= 4 is 56.4 Å². The number of hydrogen-bond donors (Lipinski definition) is 2. The van der Waals surface area contributed by atoms with Crippen LogP contribution in [0.5, 0.6) is 17.2 Å². The molecule has 2 aliphatic rings. The van der Waals surface area contributed by atoms with Crippen LogP contribution in [-0.4, -0.2) is 65.2 Å². The van der Waals surface area contributed by atoms with Crippen LogP contribution in [0.2, 0.25) is 0 Å². The van der Waals surface area contributed by atoms with Crippen molar-refractivity contribution in [3.63, 3.8) is 0 Å². The third kappa shape index (κ3) is 5.39. The maximum Gasteiger partial charge on any atom is 0.332 e. The normalized spacial score (nSPS) is 14.8. The number of carbonyl (C=O) groups excluding carboxylic acids is 2. The first-order valence-corrected chi connectivity index (χ1v) is 14.7. The Hall–Kier alpha value is -5.11. The zero-order valence-corrected chi connectivity index (χ0v) is 24.5. The number of urea groups is 1. The number of hydrogen-bond acceptors (Lipinski definition) is 10. The molecule has 0 saturated carbocycles. The van der Waals surface area contributed by atoms with Crippen LogP contribution in [0.15, 0.2) is 73.3 Å². The molecule has 0 spiro atoms. The molecule has 13 heteroatoms. The summed E-state index contributed by atoms with van der Waals surface area (Å²) < 4.78 is 16.9. The topological polar surface area (TPSA) is 131 Å². The van der Waals surface area contributed by atoms with Gasteiger partial charge in [-0.1, -0.05) is 6.07 Å². The Labute approximate surface area is 256 Å². The van der Waals surface area contributed by atoms with Crippen LogP contribution in [-0.2, 0) is 11.3 Å². The van der Waals surface area contributed by atoms with Gasteiger partial charge in [0.15, 0.2) is 5.82 Å². The van der Waals surface area contributed by atoms with Crippen molar-refractivity contribution in [2.75, 3.05) is 48.9 Å². The number of rotatable bonds is 8. The number of morpholine rings is 1. The monoisotopic (exact) mass is 609 g/mol. The van der Waals surface area contributed by atoms with Gasteiger partial charge in [0.2, 0.25) is 0 Å². The van der Waals surface area contributed by atoms with E-state index in [-0.39, 0.29) is 5.91 Å². The van der Waals surface area contributed by atoms with Crippen molar-refractivity contribution in [1.82, 2.24) is 19.9 Å². The minimum Gasteiger partial charge on any atom is -0.496 e. The third-order valence-electron chi connectivity index (χ3n) is 7.33. The number of methoxy groups -OCH3 is 1. The minimum absolute atomic E-state index is 0.325. The van der Waals surface area contributed by atoms with Gasteiger partial charge in [0.1, 0.15) is 33.3 Å². The summed E-state index contributed by atoms with van der Waals surface area (Å²) in [5.41, 5.74) is 2.55. The number of anilines is 4. The van der Waals surface area contributed by atoms with Crippen molar-refractivity contribution in [2.24, 2.45) is 0 Å². The molecule has 0 radical (unpaired) electrons. The second-order valence-corrected chi connectivity index (χ2v) is 11.1. The van der Waals surface area contributed by atoms with Crippen LogP contribution in [0.1, 0.15) is 15.2 Å². The van der Waals surface area contributed by atoms with Crippen molar-refractivity contribution < 1.29 is 23.8 Å². The van der Waals surface area contributed by atoms with Crippen LogP contribution >= 0.6 is 11.3 Å². The molecule has 1 fully saturated rings. The van der Waals surface area contributed by atoms with E-state index < -0.39 is 6.03 Å². The number of amides is 3. The van der Waals surface area contributed by atoms with Gasteiger partial charge < -0.3 is 24.8 Å². The summed E-state index contributed by atoms with van der Waals surface area (Å²) in [6, 6.07) is 15.8. The molecule has 1 saturated heterocycles. The lowest BCUT2D eigenvalue weighted by molar-refractivity contribution is 0.0339. The Morgan fingerprint density at radius 3 is 2.70 bits per heavy atom. The average Bonchev–Trinajstić information content (AvgIpc) is 3.43. The van der Waals surface area contributed by atoms with E-state index in [1.54, 1.807) is 62.0 Å². The van der Waals surface area contributed by atoms with Gasteiger partial charge >= 0.3 is 6.03 Å². The van der Waals surface area contributed by atoms with Gasteiger partial charge in [-0.25, -0.2) is 19.7 Å². The fourth-order valence-electron chi connectivity index (χ4n) is 5.21. The van der Waals surface area contributed by atoms with Gasteiger partial charge in [-0.15, -0.1) is 11.3 Å². The van der Waals surface area contributed by atoms with E-state index in [9.17, 15) is 9.59 Å². The number of aromatic nitrogens is 3. The Morgan fingerprint density at radius 1 is 1.09 bits per heavy atom. The summed E-state index contributed by atoms with van der Waals surface area (Å²) in [5, 5.41) is 6.44. The summed E-state index contributed by atoms with van der Waals surface area (Å²) in [7, 11) is 1.61. The zero-order chi connectivity index (χ0) is 30.0.